The molecule has 0 spiro atoms. The molecule has 5 heteroatoms. The van der Waals surface area contributed by atoms with Crippen LogP contribution in [0.3, 0.4) is 0 Å². The van der Waals surface area contributed by atoms with Crippen molar-refractivity contribution in [1.82, 2.24) is 9.78 Å². The number of anilines is 1. The van der Waals surface area contributed by atoms with Crippen molar-refractivity contribution in [1.29, 1.82) is 5.26 Å². The molecule has 1 aliphatic carbocycles. The summed E-state index contributed by atoms with van der Waals surface area (Å²) in [6.07, 6.45) is 6.48. The number of hydrogen-bond donors (Lipinski definition) is 1. The Morgan fingerprint density at radius 1 is 1.10 bits per heavy atom. The maximum absolute atomic E-state index is 14.3. The first-order valence-corrected chi connectivity index (χ1v) is 10.2. The third kappa shape index (κ3) is 4.32. The lowest BCUT2D eigenvalue weighted by molar-refractivity contribution is 0.373. The highest BCUT2D eigenvalue weighted by atomic mass is 19.1. The van der Waals surface area contributed by atoms with E-state index in [-0.39, 0.29) is 5.56 Å². The monoisotopic (exact) mass is 388 g/mol. The summed E-state index contributed by atoms with van der Waals surface area (Å²) in [5, 5.41) is 17.3. The van der Waals surface area contributed by atoms with Gasteiger partial charge in [0.05, 0.1) is 16.9 Å². The van der Waals surface area contributed by atoms with Crippen molar-refractivity contribution in [2.24, 2.45) is 5.92 Å². The smallest absolute Gasteiger partial charge is 0.149 e. The van der Waals surface area contributed by atoms with Gasteiger partial charge in [-0.05, 0) is 49.9 Å². The van der Waals surface area contributed by atoms with E-state index in [0.29, 0.717) is 11.5 Å². The number of halogens is 1. The number of aromatic nitrogens is 2. The third-order valence-corrected chi connectivity index (χ3v) is 5.67. The second kappa shape index (κ2) is 8.48. The van der Waals surface area contributed by atoms with Crippen LogP contribution < -0.4 is 5.32 Å². The molecule has 1 fully saturated rings. The summed E-state index contributed by atoms with van der Waals surface area (Å²) >= 11 is 0. The van der Waals surface area contributed by atoms with Crippen LogP contribution in [0.4, 0.5) is 10.2 Å². The molecule has 1 aliphatic rings. The first kappa shape index (κ1) is 19.2. The molecule has 2 aromatic carbocycles. The largest absolute Gasteiger partial charge is 0.368 e. The first-order valence-electron chi connectivity index (χ1n) is 10.2. The van der Waals surface area contributed by atoms with Crippen molar-refractivity contribution in [3.63, 3.8) is 0 Å². The molecule has 0 bridgehead atoms. The number of nitrogens with zero attached hydrogens (tertiary/aromatic N) is 3. The second-order valence-electron chi connectivity index (χ2n) is 7.85. The molecule has 4 nitrogen and oxygen atoms in total. The standard InChI is InChI=1S/C24H25FN4/c1-17-7-11-21(12-8-17)29-23(19-9-10-20(15-26)22(25)13-19)14-24(28-29)27-16-18-5-3-2-4-6-18/h7-14,18H,2-6,16H2,1H3,(H,27,28). The van der Waals surface area contributed by atoms with Crippen molar-refractivity contribution < 1.29 is 4.39 Å². The average molecular weight is 388 g/mol. The topological polar surface area (TPSA) is 53.6 Å². The fourth-order valence-corrected chi connectivity index (χ4v) is 3.96. The van der Waals surface area contributed by atoms with E-state index in [9.17, 15) is 4.39 Å². The van der Waals surface area contributed by atoms with E-state index < -0.39 is 5.82 Å². The molecule has 0 saturated heterocycles. The van der Waals surface area contributed by atoms with Gasteiger partial charge in [0, 0.05) is 18.2 Å². The molecular formula is C24H25FN4. The van der Waals surface area contributed by atoms with Crippen LogP contribution >= 0.6 is 0 Å². The van der Waals surface area contributed by atoms with Crippen molar-refractivity contribution in [2.45, 2.75) is 39.0 Å². The van der Waals surface area contributed by atoms with E-state index in [2.05, 4.69) is 5.32 Å². The minimum absolute atomic E-state index is 0.0470. The second-order valence-corrected chi connectivity index (χ2v) is 7.85. The van der Waals surface area contributed by atoms with Crippen LogP contribution in [-0.2, 0) is 0 Å². The van der Waals surface area contributed by atoms with Crippen LogP contribution in [0.15, 0.2) is 48.5 Å². The lowest BCUT2D eigenvalue weighted by atomic mass is 9.89. The van der Waals surface area contributed by atoms with Crippen LogP contribution in [0.1, 0.15) is 43.2 Å². The van der Waals surface area contributed by atoms with Gasteiger partial charge in [-0.25, -0.2) is 9.07 Å². The lowest BCUT2D eigenvalue weighted by Gasteiger charge is -2.21. The van der Waals surface area contributed by atoms with Crippen molar-refractivity contribution in [2.75, 3.05) is 11.9 Å². The highest BCUT2D eigenvalue weighted by Crippen LogP contribution is 2.29. The van der Waals surface area contributed by atoms with E-state index in [0.717, 1.165) is 23.7 Å². The molecule has 3 aromatic rings. The Labute approximate surface area is 171 Å². The molecule has 1 aromatic heterocycles. The lowest BCUT2D eigenvalue weighted by Crippen LogP contribution is -2.17. The minimum Gasteiger partial charge on any atom is -0.368 e. The van der Waals surface area contributed by atoms with E-state index in [1.54, 1.807) is 6.07 Å². The minimum atomic E-state index is -0.515. The average Bonchev–Trinajstić information content (AvgIpc) is 3.18. The zero-order valence-electron chi connectivity index (χ0n) is 16.7. The van der Waals surface area contributed by atoms with Gasteiger partial charge in [-0.15, -0.1) is 5.10 Å². The summed E-state index contributed by atoms with van der Waals surface area (Å²) in [4.78, 5) is 0. The highest BCUT2D eigenvalue weighted by molar-refractivity contribution is 5.67. The van der Waals surface area contributed by atoms with Crippen LogP contribution in [0, 0.1) is 30.0 Å². The van der Waals surface area contributed by atoms with Crippen LogP contribution in [0.5, 0.6) is 0 Å². The maximum Gasteiger partial charge on any atom is 0.149 e. The van der Waals surface area contributed by atoms with Gasteiger partial charge in [-0.2, -0.15) is 5.26 Å². The number of nitriles is 1. The van der Waals surface area contributed by atoms with Gasteiger partial charge in [0.1, 0.15) is 17.7 Å². The molecule has 0 atom stereocenters. The Kier molecular flexibility index (Phi) is 5.62. The number of aryl methyl sites for hydroxylation is 1. The molecule has 1 N–H and O–H groups in total. The molecule has 0 unspecified atom stereocenters. The summed E-state index contributed by atoms with van der Waals surface area (Å²) in [6, 6.07) is 16.6. The molecule has 0 aliphatic heterocycles. The van der Waals surface area contributed by atoms with E-state index in [1.807, 2.05) is 48.0 Å². The Morgan fingerprint density at radius 2 is 1.86 bits per heavy atom. The zero-order chi connectivity index (χ0) is 20.2. The first-order chi connectivity index (χ1) is 14.1. The summed E-state index contributed by atoms with van der Waals surface area (Å²) in [5.74, 6) is 0.957. The van der Waals surface area contributed by atoms with E-state index in [1.165, 1.54) is 49.8 Å². The number of benzene rings is 2. The quantitative estimate of drug-likeness (QED) is 0.596. The fraction of sp³-hybridized carbons (Fsp3) is 0.333. The van der Waals surface area contributed by atoms with Gasteiger partial charge in [0.25, 0.3) is 0 Å². The summed E-state index contributed by atoms with van der Waals surface area (Å²) in [5.41, 5.74) is 3.62. The number of nitrogens with one attached hydrogen (secondary N) is 1. The van der Waals surface area contributed by atoms with E-state index >= 15 is 0 Å². The van der Waals surface area contributed by atoms with Gasteiger partial charge in [-0.3, -0.25) is 0 Å². The van der Waals surface area contributed by atoms with Crippen molar-refractivity contribution in [3.05, 3.63) is 65.5 Å². The van der Waals surface area contributed by atoms with Crippen LogP contribution in [-0.4, -0.2) is 16.3 Å². The normalized spacial score (nSPS) is 14.5. The number of hydrogen-bond acceptors (Lipinski definition) is 3. The summed E-state index contributed by atoms with van der Waals surface area (Å²) in [6.45, 7) is 2.95. The molecule has 4 rings (SSSR count). The Hall–Kier alpha value is -3.13. The zero-order valence-corrected chi connectivity index (χ0v) is 16.7. The molecule has 0 radical (unpaired) electrons. The maximum atomic E-state index is 14.3. The Bertz CT molecular complexity index is 1020. The predicted molar refractivity (Wildman–Crippen MR) is 113 cm³/mol. The van der Waals surface area contributed by atoms with Crippen molar-refractivity contribution in [3.8, 4) is 23.0 Å². The van der Waals surface area contributed by atoms with Gasteiger partial charge in [0.2, 0.25) is 0 Å². The van der Waals surface area contributed by atoms with Gasteiger partial charge >= 0.3 is 0 Å². The third-order valence-electron chi connectivity index (χ3n) is 5.67. The highest BCUT2D eigenvalue weighted by Gasteiger charge is 2.16. The Balaban J connectivity index is 1.67. The Morgan fingerprint density at radius 3 is 2.55 bits per heavy atom. The van der Waals surface area contributed by atoms with Crippen LogP contribution in [0.2, 0.25) is 0 Å². The SMILES string of the molecule is Cc1ccc(-n2nc(NCC3CCCCC3)cc2-c2ccc(C#N)c(F)c2)cc1. The van der Waals surface area contributed by atoms with Crippen LogP contribution in [0.25, 0.3) is 16.9 Å². The number of rotatable bonds is 5. The van der Waals surface area contributed by atoms with Gasteiger partial charge in [-0.1, -0.05) is 43.0 Å². The molecular weight excluding hydrogens is 363 g/mol. The van der Waals surface area contributed by atoms with Gasteiger partial charge in [0.15, 0.2) is 0 Å². The summed E-state index contributed by atoms with van der Waals surface area (Å²) in [7, 11) is 0. The van der Waals surface area contributed by atoms with E-state index in [4.69, 9.17) is 10.4 Å². The molecule has 1 saturated carbocycles. The van der Waals surface area contributed by atoms with Gasteiger partial charge < -0.3 is 5.32 Å². The molecule has 148 valence electrons. The molecule has 1 heterocycles. The molecule has 29 heavy (non-hydrogen) atoms. The summed E-state index contributed by atoms with van der Waals surface area (Å²) < 4.78 is 16.1. The van der Waals surface area contributed by atoms with Crippen molar-refractivity contribution >= 4 is 5.82 Å². The predicted octanol–water partition coefficient (Wildman–Crippen LogP) is 5.85. The fourth-order valence-electron chi connectivity index (χ4n) is 3.96. The molecule has 0 amide bonds.